The van der Waals surface area contributed by atoms with Crippen LogP contribution in [0.25, 0.3) is 22.2 Å². The molecule has 15 heteroatoms. The predicted molar refractivity (Wildman–Crippen MR) is 146 cm³/mol. The Hall–Kier alpha value is -3.82. The summed E-state index contributed by atoms with van der Waals surface area (Å²) in [5.74, 6) is 0.561. The molecule has 0 aliphatic carbocycles. The Kier molecular flexibility index (Phi) is 8.09. The number of ether oxygens (including phenoxy) is 1. The molecule has 5 rings (SSSR count). The third-order valence-corrected chi connectivity index (χ3v) is 8.22. The Balaban J connectivity index is 1.56. The van der Waals surface area contributed by atoms with E-state index in [0.29, 0.717) is 29.8 Å². The van der Waals surface area contributed by atoms with Gasteiger partial charge >= 0.3 is 11.7 Å². The van der Waals surface area contributed by atoms with Gasteiger partial charge in [0.1, 0.15) is 11.6 Å². The number of hydrogen-bond donors (Lipinski definition) is 1. The fourth-order valence-corrected chi connectivity index (χ4v) is 5.72. The standard InChI is InChI=1S/C28H25F6N5O3S/c1-16-13-39(14-17(2)42-16)15-24-37-23-12-18(25-22(27(29,30)31)4-3-11-35-25)5-10-21(23)26(38-24)36-19-6-8-20(9-7-19)43(40,41)28(32,33)34/h3-12,16-17H,13-15H2,1-2H3,(H,36,37,38). The molecule has 228 valence electrons. The first-order valence-electron chi connectivity index (χ1n) is 13.0. The molecule has 0 amide bonds. The van der Waals surface area contributed by atoms with E-state index in [1.54, 1.807) is 0 Å². The molecule has 0 spiro atoms. The van der Waals surface area contributed by atoms with E-state index < -0.39 is 32.0 Å². The summed E-state index contributed by atoms with van der Waals surface area (Å²) in [4.78, 5) is 14.4. The van der Waals surface area contributed by atoms with Crippen LogP contribution in [0.1, 0.15) is 25.2 Å². The van der Waals surface area contributed by atoms with Crippen LogP contribution in [0.5, 0.6) is 0 Å². The van der Waals surface area contributed by atoms with Crippen molar-refractivity contribution in [3.63, 3.8) is 0 Å². The van der Waals surface area contributed by atoms with E-state index in [2.05, 4.69) is 25.2 Å². The quantitative estimate of drug-likeness (QED) is 0.248. The largest absolute Gasteiger partial charge is 0.501 e. The molecule has 3 heterocycles. The monoisotopic (exact) mass is 625 g/mol. The Bertz CT molecular complexity index is 1740. The summed E-state index contributed by atoms with van der Waals surface area (Å²) < 4.78 is 109. The highest BCUT2D eigenvalue weighted by molar-refractivity contribution is 7.92. The van der Waals surface area contributed by atoms with E-state index in [-0.39, 0.29) is 41.5 Å². The smallest absolute Gasteiger partial charge is 0.373 e. The van der Waals surface area contributed by atoms with Crippen molar-refractivity contribution in [3.05, 3.63) is 72.2 Å². The molecule has 8 nitrogen and oxygen atoms in total. The maximum atomic E-state index is 13.7. The van der Waals surface area contributed by atoms with Gasteiger partial charge < -0.3 is 10.1 Å². The van der Waals surface area contributed by atoms with Crippen molar-refractivity contribution in [3.8, 4) is 11.3 Å². The fraction of sp³-hybridized carbons (Fsp3) is 0.321. The van der Waals surface area contributed by atoms with Crippen LogP contribution in [-0.4, -0.2) is 59.1 Å². The molecule has 1 saturated heterocycles. The van der Waals surface area contributed by atoms with Gasteiger partial charge in [-0.15, -0.1) is 0 Å². The highest BCUT2D eigenvalue weighted by Crippen LogP contribution is 2.37. The van der Waals surface area contributed by atoms with Gasteiger partial charge in [0.25, 0.3) is 9.84 Å². The molecule has 43 heavy (non-hydrogen) atoms. The second-order valence-electron chi connectivity index (χ2n) is 10.2. The molecule has 2 aromatic heterocycles. The second-order valence-corrected chi connectivity index (χ2v) is 12.1. The molecule has 1 fully saturated rings. The van der Waals surface area contributed by atoms with Gasteiger partial charge in [-0.2, -0.15) is 26.3 Å². The van der Waals surface area contributed by atoms with Crippen molar-refractivity contribution in [1.82, 2.24) is 19.9 Å². The van der Waals surface area contributed by atoms with Crippen LogP contribution in [0.2, 0.25) is 0 Å². The molecule has 2 aromatic carbocycles. The molecule has 4 aromatic rings. The van der Waals surface area contributed by atoms with Gasteiger partial charge in [0.15, 0.2) is 0 Å². The lowest BCUT2D eigenvalue weighted by atomic mass is 10.0. The number of halogens is 6. The van der Waals surface area contributed by atoms with Crippen LogP contribution in [0.3, 0.4) is 0 Å². The lowest BCUT2D eigenvalue weighted by Gasteiger charge is -2.34. The zero-order valence-electron chi connectivity index (χ0n) is 22.7. The molecular weight excluding hydrogens is 600 g/mol. The van der Waals surface area contributed by atoms with Crippen LogP contribution >= 0.6 is 0 Å². The SMILES string of the molecule is CC1CN(Cc2nc(Nc3ccc(S(=O)(=O)C(F)(F)F)cc3)c3ccc(-c4ncccc4C(F)(F)F)cc3n2)CC(C)O1. The fourth-order valence-electron chi connectivity index (χ4n) is 4.96. The average molecular weight is 626 g/mol. The van der Waals surface area contributed by atoms with E-state index in [9.17, 15) is 34.8 Å². The van der Waals surface area contributed by atoms with Gasteiger partial charge in [-0.3, -0.25) is 9.88 Å². The number of pyridine rings is 1. The van der Waals surface area contributed by atoms with Crippen molar-refractivity contribution in [2.75, 3.05) is 18.4 Å². The molecule has 0 saturated carbocycles. The van der Waals surface area contributed by atoms with Gasteiger partial charge in [-0.25, -0.2) is 18.4 Å². The van der Waals surface area contributed by atoms with E-state index >= 15 is 0 Å². The molecule has 0 radical (unpaired) electrons. The van der Waals surface area contributed by atoms with Crippen LogP contribution < -0.4 is 5.32 Å². The van der Waals surface area contributed by atoms with E-state index in [4.69, 9.17) is 4.74 Å². The number of anilines is 2. The number of nitrogens with one attached hydrogen (secondary N) is 1. The van der Waals surface area contributed by atoms with E-state index in [1.165, 1.54) is 30.5 Å². The van der Waals surface area contributed by atoms with Gasteiger partial charge in [0, 0.05) is 35.9 Å². The van der Waals surface area contributed by atoms with Gasteiger partial charge in [0.05, 0.1) is 40.4 Å². The maximum Gasteiger partial charge on any atom is 0.501 e. The Morgan fingerprint density at radius 1 is 0.953 bits per heavy atom. The zero-order valence-corrected chi connectivity index (χ0v) is 23.6. The first-order valence-corrected chi connectivity index (χ1v) is 14.5. The van der Waals surface area contributed by atoms with Crippen LogP contribution in [-0.2, 0) is 27.3 Å². The number of hydrogen-bond acceptors (Lipinski definition) is 8. The van der Waals surface area contributed by atoms with Gasteiger partial charge in [-0.05, 0) is 62.4 Å². The summed E-state index contributed by atoms with van der Waals surface area (Å²) in [6.45, 7) is 5.32. The summed E-state index contributed by atoms with van der Waals surface area (Å²) >= 11 is 0. The predicted octanol–water partition coefficient (Wildman–Crippen LogP) is 6.36. The summed E-state index contributed by atoms with van der Waals surface area (Å²) in [5.41, 5.74) is -5.93. The molecule has 2 unspecified atom stereocenters. The van der Waals surface area contributed by atoms with Gasteiger partial charge in [0.2, 0.25) is 0 Å². The third-order valence-electron chi connectivity index (χ3n) is 6.72. The van der Waals surface area contributed by atoms with Crippen molar-refractivity contribution in [1.29, 1.82) is 0 Å². The maximum absolute atomic E-state index is 13.7. The molecule has 0 bridgehead atoms. The Morgan fingerprint density at radius 3 is 2.26 bits per heavy atom. The number of fused-ring (bicyclic) bond motifs is 1. The van der Waals surface area contributed by atoms with E-state index in [1.807, 2.05) is 13.8 Å². The molecular formula is C28H25F6N5O3S. The van der Waals surface area contributed by atoms with Crippen LogP contribution in [0.4, 0.5) is 37.8 Å². The molecule has 1 N–H and O–H groups in total. The molecule has 2 atom stereocenters. The highest BCUT2D eigenvalue weighted by Gasteiger charge is 2.46. The molecule has 1 aliphatic heterocycles. The first kappa shape index (κ1) is 30.6. The Morgan fingerprint density at radius 2 is 1.63 bits per heavy atom. The average Bonchev–Trinajstić information content (AvgIpc) is 2.91. The number of rotatable bonds is 6. The minimum Gasteiger partial charge on any atom is -0.373 e. The molecule has 1 aliphatic rings. The zero-order chi connectivity index (χ0) is 31.2. The number of aromatic nitrogens is 3. The number of benzene rings is 2. The lowest BCUT2D eigenvalue weighted by molar-refractivity contribution is -0.137. The lowest BCUT2D eigenvalue weighted by Crippen LogP contribution is -2.45. The number of alkyl halides is 6. The minimum absolute atomic E-state index is 0.0511. The van der Waals surface area contributed by atoms with E-state index in [0.717, 1.165) is 30.3 Å². The van der Waals surface area contributed by atoms with Gasteiger partial charge in [-0.1, -0.05) is 6.07 Å². The second kappa shape index (κ2) is 11.4. The summed E-state index contributed by atoms with van der Waals surface area (Å²) in [5, 5.41) is 3.40. The minimum atomic E-state index is -5.53. The van der Waals surface area contributed by atoms with Crippen molar-refractivity contribution in [2.24, 2.45) is 0 Å². The first-order chi connectivity index (χ1) is 20.1. The number of nitrogens with zero attached hydrogens (tertiary/aromatic N) is 4. The summed E-state index contributed by atoms with van der Waals surface area (Å²) in [6, 6.07) is 10.5. The van der Waals surface area contributed by atoms with Crippen LogP contribution in [0, 0.1) is 0 Å². The number of morpholine rings is 1. The highest BCUT2D eigenvalue weighted by atomic mass is 32.2. The van der Waals surface area contributed by atoms with Crippen molar-refractivity contribution >= 4 is 32.2 Å². The topological polar surface area (TPSA) is 97.3 Å². The third kappa shape index (κ3) is 6.58. The van der Waals surface area contributed by atoms with Crippen molar-refractivity contribution < 1.29 is 39.5 Å². The van der Waals surface area contributed by atoms with Crippen LogP contribution in [0.15, 0.2) is 65.7 Å². The normalized spacial score (nSPS) is 18.6. The number of sulfone groups is 1. The summed E-state index contributed by atoms with van der Waals surface area (Å²) in [6.07, 6.45) is -3.48. The Labute approximate surface area is 242 Å². The summed E-state index contributed by atoms with van der Waals surface area (Å²) in [7, 11) is -5.53. The van der Waals surface area contributed by atoms with Crippen molar-refractivity contribution in [2.45, 2.75) is 49.2 Å².